The van der Waals surface area contributed by atoms with E-state index in [-0.39, 0.29) is 18.6 Å². The summed E-state index contributed by atoms with van der Waals surface area (Å²) < 4.78 is 0. The van der Waals surface area contributed by atoms with Crippen molar-refractivity contribution < 1.29 is 15.3 Å². The average Bonchev–Trinajstić information content (AvgIpc) is 2.32. The van der Waals surface area contributed by atoms with Crippen molar-refractivity contribution in [2.24, 2.45) is 0 Å². The number of rotatable bonds is 6. The van der Waals surface area contributed by atoms with Crippen molar-refractivity contribution in [3.05, 3.63) is 28.8 Å². The number of aliphatic hydroxyl groups is 2. The third-order valence-electron chi connectivity index (χ3n) is 3.41. The highest BCUT2D eigenvalue weighted by atomic mass is 16.3. The maximum absolute atomic E-state index is 10.2. The molecule has 1 aromatic rings. The summed E-state index contributed by atoms with van der Waals surface area (Å²) in [4.78, 5) is 2.00. The molecule has 4 heteroatoms. The fourth-order valence-corrected chi connectivity index (χ4v) is 2.33. The summed E-state index contributed by atoms with van der Waals surface area (Å²) in [6, 6.07) is 3.98. The fraction of sp³-hybridized carbons (Fsp3) is 0.625. The Morgan fingerprint density at radius 3 is 2.05 bits per heavy atom. The van der Waals surface area contributed by atoms with Gasteiger partial charge in [0.1, 0.15) is 5.75 Å². The van der Waals surface area contributed by atoms with Crippen LogP contribution in [0.4, 0.5) is 0 Å². The molecule has 20 heavy (non-hydrogen) atoms. The van der Waals surface area contributed by atoms with Gasteiger partial charge in [-0.25, -0.2) is 0 Å². The van der Waals surface area contributed by atoms with Crippen molar-refractivity contribution in [3.63, 3.8) is 0 Å². The molecule has 0 aromatic heterocycles. The Morgan fingerprint density at radius 2 is 1.60 bits per heavy atom. The second-order valence-corrected chi connectivity index (χ2v) is 6.28. The zero-order valence-corrected chi connectivity index (χ0v) is 13.0. The monoisotopic (exact) mass is 281 g/mol. The van der Waals surface area contributed by atoms with E-state index >= 15 is 0 Å². The van der Waals surface area contributed by atoms with Gasteiger partial charge < -0.3 is 15.3 Å². The molecule has 0 aliphatic carbocycles. The van der Waals surface area contributed by atoms with Crippen LogP contribution in [0, 0.1) is 6.92 Å². The summed E-state index contributed by atoms with van der Waals surface area (Å²) in [5, 5.41) is 28.3. The number of hydrogen-bond donors (Lipinski definition) is 3. The number of hydrogen-bond acceptors (Lipinski definition) is 4. The van der Waals surface area contributed by atoms with E-state index in [1.54, 1.807) is 0 Å². The Labute approximate surface area is 121 Å². The van der Waals surface area contributed by atoms with Crippen molar-refractivity contribution in [1.29, 1.82) is 0 Å². The van der Waals surface area contributed by atoms with Gasteiger partial charge >= 0.3 is 0 Å². The lowest BCUT2D eigenvalue weighted by atomic mass is 9.84. The largest absolute Gasteiger partial charge is 0.507 e. The van der Waals surface area contributed by atoms with Gasteiger partial charge in [0.25, 0.3) is 0 Å². The Morgan fingerprint density at radius 1 is 1.05 bits per heavy atom. The summed E-state index contributed by atoms with van der Waals surface area (Å²) in [6.45, 7) is 9.99. The van der Waals surface area contributed by atoms with Gasteiger partial charge in [0.05, 0.1) is 13.2 Å². The number of aromatic hydroxyl groups is 1. The third-order valence-corrected chi connectivity index (χ3v) is 3.41. The van der Waals surface area contributed by atoms with Crippen LogP contribution in [0.1, 0.15) is 37.5 Å². The fourth-order valence-electron chi connectivity index (χ4n) is 2.33. The molecule has 0 amide bonds. The van der Waals surface area contributed by atoms with Gasteiger partial charge in [-0.1, -0.05) is 32.9 Å². The van der Waals surface area contributed by atoms with E-state index in [1.807, 2.05) is 24.0 Å². The van der Waals surface area contributed by atoms with Crippen molar-refractivity contribution in [1.82, 2.24) is 4.90 Å². The minimum absolute atomic E-state index is 0.0726. The molecule has 0 spiro atoms. The topological polar surface area (TPSA) is 63.9 Å². The highest BCUT2D eigenvalue weighted by Gasteiger charge is 2.20. The number of aliphatic hydroxyl groups excluding tert-OH is 2. The zero-order chi connectivity index (χ0) is 15.3. The molecule has 0 fully saturated rings. The zero-order valence-electron chi connectivity index (χ0n) is 13.0. The first-order valence-corrected chi connectivity index (χ1v) is 7.06. The van der Waals surface area contributed by atoms with E-state index in [2.05, 4.69) is 20.8 Å². The maximum atomic E-state index is 10.2. The SMILES string of the molecule is Cc1cc(CN(CCO)CCO)cc(C(C)(C)C)c1O. The van der Waals surface area contributed by atoms with Crippen LogP contribution < -0.4 is 0 Å². The lowest BCUT2D eigenvalue weighted by molar-refractivity contribution is 0.156. The smallest absolute Gasteiger partial charge is 0.122 e. The standard InChI is InChI=1S/C16H27NO3/c1-12-9-13(11-17(5-7-18)6-8-19)10-14(15(12)20)16(2,3)4/h9-10,18-20H,5-8,11H2,1-4H3. The third kappa shape index (κ3) is 4.47. The van der Waals surface area contributed by atoms with Crippen molar-refractivity contribution in [3.8, 4) is 5.75 Å². The lowest BCUT2D eigenvalue weighted by Gasteiger charge is -2.25. The summed E-state index contributed by atoms with van der Waals surface area (Å²) in [5.74, 6) is 0.358. The van der Waals surface area contributed by atoms with Crippen molar-refractivity contribution in [2.75, 3.05) is 26.3 Å². The molecular formula is C16H27NO3. The molecule has 0 atom stereocenters. The van der Waals surface area contributed by atoms with Gasteiger partial charge in [0.2, 0.25) is 0 Å². The first-order valence-electron chi connectivity index (χ1n) is 7.06. The maximum Gasteiger partial charge on any atom is 0.122 e. The Balaban J connectivity index is 3.04. The normalized spacial score (nSPS) is 12.2. The second-order valence-electron chi connectivity index (χ2n) is 6.28. The van der Waals surface area contributed by atoms with E-state index in [1.165, 1.54) is 0 Å². The Hall–Kier alpha value is -1.10. The van der Waals surface area contributed by atoms with E-state index in [4.69, 9.17) is 10.2 Å². The second kappa shape index (κ2) is 7.07. The predicted molar refractivity (Wildman–Crippen MR) is 81.0 cm³/mol. The van der Waals surface area contributed by atoms with Gasteiger partial charge in [-0.2, -0.15) is 0 Å². The molecular weight excluding hydrogens is 254 g/mol. The minimum Gasteiger partial charge on any atom is -0.507 e. The molecule has 3 N–H and O–H groups in total. The Kier molecular flexibility index (Phi) is 5.99. The number of phenols is 1. The van der Waals surface area contributed by atoms with Crippen molar-refractivity contribution in [2.45, 2.75) is 39.7 Å². The van der Waals surface area contributed by atoms with Gasteiger partial charge in [0.15, 0.2) is 0 Å². The number of benzene rings is 1. The molecule has 0 unspecified atom stereocenters. The number of phenolic OH excluding ortho intramolecular Hbond substituents is 1. The van der Waals surface area contributed by atoms with Crippen LogP contribution >= 0.6 is 0 Å². The van der Waals surface area contributed by atoms with E-state index in [9.17, 15) is 5.11 Å². The number of aryl methyl sites for hydroxylation is 1. The summed E-state index contributed by atoms with van der Waals surface area (Å²) in [5.41, 5.74) is 2.76. The summed E-state index contributed by atoms with van der Waals surface area (Å²) in [7, 11) is 0. The van der Waals surface area contributed by atoms with Gasteiger partial charge in [-0.15, -0.1) is 0 Å². The summed E-state index contributed by atoms with van der Waals surface area (Å²) >= 11 is 0. The number of nitrogens with zero attached hydrogens (tertiary/aromatic N) is 1. The van der Waals surface area contributed by atoms with Crippen LogP contribution in [0.2, 0.25) is 0 Å². The first kappa shape index (κ1) is 17.0. The van der Waals surface area contributed by atoms with Gasteiger partial charge in [-0.05, 0) is 29.0 Å². The lowest BCUT2D eigenvalue weighted by Crippen LogP contribution is -2.29. The molecule has 0 aliphatic heterocycles. The van der Waals surface area contributed by atoms with E-state index in [0.717, 1.165) is 16.7 Å². The first-order chi connectivity index (χ1) is 9.29. The molecule has 0 heterocycles. The van der Waals surface area contributed by atoms with Crippen LogP contribution in [-0.4, -0.2) is 46.5 Å². The molecule has 0 radical (unpaired) electrons. The molecule has 114 valence electrons. The van der Waals surface area contributed by atoms with E-state index in [0.29, 0.717) is 25.4 Å². The molecule has 0 saturated heterocycles. The van der Waals surface area contributed by atoms with Crippen LogP contribution in [-0.2, 0) is 12.0 Å². The van der Waals surface area contributed by atoms with Crippen LogP contribution in [0.15, 0.2) is 12.1 Å². The minimum atomic E-state index is -0.121. The molecule has 0 aliphatic rings. The van der Waals surface area contributed by atoms with Gasteiger partial charge in [-0.3, -0.25) is 4.90 Å². The molecule has 4 nitrogen and oxygen atoms in total. The van der Waals surface area contributed by atoms with E-state index < -0.39 is 0 Å². The van der Waals surface area contributed by atoms with Crippen LogP contribution in [0.5, 0.6) is 5.75 Å². The predicted octanol–water partition coefficient (Wildman–Crippen LogP) is 1.78. The molecule has 1 rings (SSSR count). The highest BCUT2D eigenvalue weighted by Crippen LogP contribution is 2.34. The highest BCUT2D eigenvalue weighted by molar-refractivity contribution is 5.46. The average molecular weight is 281 g/mol. The quantitative estimate of drug-likeness (QED) is 0.744. The molecule has 0 saturated carbocycles. The van der Waals surface area contributed by atoms with Crippen LogP contribution in [0.3, 0.4) is 0 Å². The molecule has 1 aromatic carbocycles. The summed E-state index contributed by atoms with van der Waals surface area (Å²) in [6.07, 6.45) is 0. The Bertz CT molecular complexity index is 432. The van der Waals surface area contributed by atoms with Gasteiger partial charge in [0, 0.05) is 19.6 Å². The molecule has 0 bridgehead atoms. The van der Waals surface area contributed by atoms with Crippen molar-refractivity contribution >= 4 is 0 Å². The van der Waals surface area contributed by atoms with Crippen LogP contribution in [0.25, 0.3) is 0 Å².